The molecule has 1 rings (SSSR count). The van der Waals surface area contributed by atoms with Gasteiger partial charge in [-0.25, -0.2) is 0 Å². The van der Waals surface area contributed by atoms with Crippen molar-refractivity contribution in [3.05, 3.63) is 0 Å². The molecule has 0 aliphatic heterocycles. The van der Waals surface area contributed by atoms with Crippen LogP contribution in [0.1, 0.15) is 45.4 Å². The van der Waals surface area contributed by atoms with Crippen molar-refractivity contribution in [2.24, 2.45) is 5.92 Å². The van der Waals surface area contributed by atoms with Crippen molar-refractivity contribution < 1.29 is 4.74 Å². The van der Waals surface area contributed by atoms with Gasteiger partial charge in [-0.1, -0.05) is 42.1 Å². The van der Waals surface area contributed by atoms with Crippen molar-refractivity contribution >= 4 is 15.9 Å². The zero-order chi connectivity index (χ0) is 9.52. The molecule has 13 heavy (non-hydrogen) atoms. The number of alkyl halides is 1. The molecular formula is C11H21BrO. The maximum atomic E-state index is 5.62. The lowest BCUT2D eigenvalue weighted by Crippen LogP contribution is -2.19. The molecule has 0 heterocycles. The zero-order valence-corrected chi connectivity index (χ0v) is 10.2. The molecule has 0 saturated heterocycles. The molecule has 78 valence electrons. The molecule has 1 fully saturated rings. The van der Waals surface area contributed by atoms with Crippen molar-refractivity contribution in [3.63, 3.8) is 0 Å². The van der Waals surface area contributed by atoms with Crippen molar-refractivity contribution in [1.82, 2.24) is 0 Å². The van der Waals surface area contributed by atoms with Crippen LogP contribution in [0.5, 0.6) is 0 Å². The fourth-order valence-corrected chi connectivity index (χ4v) is 2.65. The SMILES string of the molecule is CCCOCC1CCCCCC1Br. The Morgan fingerprint density at radius 1 is 1.23 bits per heavy atom. The Bertz CT molecular complexity index is 127. The summed E-state index contributed by atoms with van der Waals surface area (Å²) in [6, 6.07) is 0. The number of hydrogen-bond donors (Lipinski definition) is 0. The maximum absolute atomic E-state index is 5.62. The molecule has 1 aliphatic rings. The summed E-state index contributed by atoms with van der Waals surface area (Å²) in [7, 11) is 0. The Kier molecular flexibility index (Phi) is 6.05. The van der Waals surface area contributed by atoms with Crippen LogP contribution in [0.3, 0.4) is 0 Å². The van der Waals surface area contributed by atoms with Crippen molar-refractivity contribution in [2.75, 3.05) is 13.2 Å². The molecular weight excluding hydrogens is 228 g/mol. The summed E-state index contributed by atoms with van der Waals surface area (Å²) in [5, 5.41) is 0. The highest BCUT2D eigenvalue weighted by molar-refractivity contribution is 9.09. The predicted octanol–water partition coefficient (Wildman–Crippen LogP) is 3.76. The third-order valence-electron chi connectivity index (χ3n) is 2.75. The molecule has 0 spiro atoms. The summed E-state index contributed by atoms with van der Waals surface area (Å²) < 4.78 is 5.62. The highest BCUT2D eigenvalue weighted by atomic mass is 79.9. The van der Waals surface area contributed by atoms with E-state index in [9.17, 15) is 0 Å². The number of rotatable bonds is 4. The van der Waals surface area contributed by atoms with Gasteiger partial charge in [0, 0.05) is 11.4 Å². The molecule has 1 aliphatic carbocycles. The Hall–Kier alpha value is 0.440. The van der Waals surface area contributed by atoms with Crippen LogP contribution in [0.4, 0.5) is 0 Å². The van der Waals surface area contributed by atoms with Gasteiger partial charge >= 0.3 is 0 Å². The summed E-state index contributed by atoms with van der Waals surface area (Å²) in [5.41, 5.74) is 0. The van der Waals surface area contributed by atoms with E-state index in [1.54, 1.807) is 0 Å². The lowest BCUT2D eigenvalue weighted by molar-refractivity contribution is 0.0969. The highest BCUT2D eigenvalue weighted by Crippen LogP contribution is 2.28. The van der Waals surface area contributed by atoms with Gasteiger partial charge in [-0.05, 0) is 25.2 Å². The van der Waals surface area contributed by atoms with E-state index < -0.39 is 0 Å². The van der Waals surface area contributed by atoms with E-state index in [0.29, 0.717) is 4.83 Å². The van der Waals surface area contributed by atoms with E-state index in [2.05, 4.69) is 22.9 Å². The van der Waals surface area contributed by atoms with Crippen LogP contribution in [0.25, 0.3) is 0 Å². The second-order valence-electron chi connectivity index (χ2n) is 3.99. The van der Waals surface area contributed by atoms with Crippen LogP contribution >= 0.6 is 15.9 Å². The van der Waals surface area contributed by atoms with Crippen molar-refractivity contribution in [1.29, 1.82) is 0 Å². The molecule has 1 saturated carbocycles. The van der Waals surface area contributed by atoms with E-state index in [0.717, 1.165) is 25.6 Å². The van der Waals surface area contributed by atoms with Crippen LogP contribution in [0.2, 0.25) is 0 Å². The highest BCUT2D eigenvalue weighted by Gasteiger charge is 2.20. The number of ether oxygens (including phenoxy) is 1. The first-order valence-corrected chi connectivity index (χ1v) is 6.48. The van der Waals surface area contributed by atoms with E-state index in [1.165, 1.54) is 32.1 Å². The zero-order valence-electron chi connectivity index (χ0n) is 8.60. The Labute approximate surface area is 90.4 Å². The second kappa shape index (κ2) is 6.83. The average Bonchev–Trinajstić information content (AvgIpc) is 2.32. The molecule has 0 amide bonds. The molecule has 0 aromatic heterocycles. The van der Waals surface area contributed by atoms with Crippen molar-refractivity contribution in [3.8, 4) is 0 Å². The number of hydrogen-bond acceptors (Lipinski definition) is 1. The normalized spacial score (nSPS) is 30.0. The lowest BCUT2D eigenvalue weighted by Gasteiger charge is -2.19. The third-order valence-corrected chi connectivity index (χ3v) is 3.95. The maximum Gasteiger partial charge on any atom is 0.0504 e. The first-order chi connectivity index (χ1) is 6.34. The summed E-state index contributed by atoms with van der Waals surface area (Å²) in [6.45, 7) is 4.05. The van der Waals surface area contributed by atoms with E-state index >= 15 is 0 Å². The number of halogens is 1. The first-order valence-electron chi connectivity index (χ1n) is 5.56. The summed E-state index contributed by atoms with van der Waals surface area (Å²) in [4.78, 5) is 0.701. The van der Waals surface area contributed by atoms with Gasteiger partial charge in [-0.3, -0.25) is 0 Å². The van der Waals surface area contributed by atoms with Gasteiger partial charge in [0.2, 0.25) is 0 Å². The van der Waals surface area contributed by atoms with E-state index in [-0.39, 0.29) is 0 Å². The Morgan fingerprint density at radius 2 is 2.00 bits per heavy atom. The molecule has 2 unspecified atom stereocenters. The van der Waals surface area contributed by atoms with Gasteiger partial charge in [0.15, 0.2) is 0 Å². The second-order valence-corrected chi connectivity index (χ2v) is 5.17. The minimum absolute atomic E-state index is 0.701. The standard InChI is InChI=1S/C11H21BrO/c1-2-8-13-9-10-6-4-3-5-7-11(10)12/h10-11H,2-9H2,1H3. The van der Waals surface area contributed by atoms with E-state index in [4.69, 9.17) is 4.74 Å². The summed E-state index contributed by atoms with van der Waals surface area (Å²) >= 11 is 3.78. The molecule has 0 aromatic carbocycles. The summed E-state index contributed by atoms with van der Waals surface area (Å²) in [5.74, 6) is 0.758. The van der Waals surface area contributed by atoms with Gasteiger partial charge in [-0.15, -0.1) is 0 Å². The minimum atomic E-state index is 0.701. The topological polar surface area (TPSA) is 9.23 Å². The molecule has 0 bridgehead atoms. The third kappa shape index (κ3) is 4.46. The fourth-order valence-electron chi connectivity index (χ4n) is 1.91. The van der Waals surface area contributed by atoms with Gasteiger partial charge in [0.05, 0.1) is 6.61 Å². The van der Waals surface area contributed by atoms with Crippen LogP contribution < -0.4 is 0 Å². The van der Waals surface area contributed by atoms with Gasteiger partial charge in [-0.2, -0.15) is 0 Å². The quantitative estimate of drug-likeness (QED) is 0.419. The fraction of sp³-hybridized carbons (Fsp3) is 1.00. The average molecular weight is 249 g/mol. The molecule has 2 atom stereocenters. The largest absolute Gasteiger partial charge is 0.381 e. The molecule has 0 N–H and O–H groups in total. The predicted molar refractivity (Wildman–Crippen MR) is 60.4 cm³/mol. The molecule has 0 radical (unpaired) electrons. The summed E-state index contributed by atoms with van der Waals surface area (Å²) in [6.07, 6.45) is 8.01. The monoisotopic (exact) mass is 248 g/mol. The van der Waals surface area contributed by atoms with Crippen LogP contribution in [-0.4, -0.2) is 18.0 Å². The minimum Gasteiger partial charge on any atom is -0.381 e. The Morgan fingerprint density at radius 3 is 2.77 bits per heavy atom. The Balaban J connectivity index is 2.19. The van der Waals surface area contributed by atoms with E-state index in [1.807, 2.05) is 0 Å². The van der Waals surface area contributed by atoms with Crippen LogP contribution in [0.15, 0.2) is 0 Å². The van der Waals surface area contributed by atoms with Gasteiger partial charge in [0.1, 0.15) is 0 Å². The van der Waals surface area contributed by atoms with Crippen molar-refractivity contribution in [2.45, 2.75) is 50.3 Å². The smallest absolute Gasteiger partial charge is 0.0504 e. The van der Waals surface area contributed by atoms with Crippen LogP contribution in [0, 0.1) is 5.92 Å². The molecule has 2 heteroatoms. The first kappa shape index (κ1) is 11.5. The van der Waals surface area contributed by atoms with Gasteiger partial charge < -0.3 is 4.74 Å². The van der Waals surface area contributed by atoms with Crippen LogP contribution in [-0.2, 0) is 4.74 Å². The molecule has 0 aromatic rings. The van der Waals surface area contributed by atoms with Gasteiger partial charge in [0.25, 0.3) is 0 Å². The molecule has 1 nitrogen and oxygen atoms in total. The lowest BCUT2D eigenvalue weighted by atomic mass is 10.0.